The number of hydrogen-bond donors (Lipinski definition) is 0. The Kier molecular flexibility index (Phi) is 8.78. The van der Waals surface area contributed by atoms with Crippen molar-refractivity contribution in [3.05, 3.63) is 87.1 Å². The molecule has 0 unspecified atom stereocenters. The third-order valence-electron chi connectivity index (χ3n) is 6.53. The van der Waals surface area contributed by atoms with Crippen LogP contribution in [0.5, 0.6) is 5.75 Å². The van der Waals surface area contributed by atoms with E-state index in [1.54, 1.807) is 23.3 Å². The van der Waals surface area contributed by atoms with Gasteiger partial charge >= 0.3 is 0 Å². The molecule has 2 aromatic carbocycles. The van der Waals surface area contributed by atoms with Gasteiger partial charge in [-0.15, -0.1) is 11.3 Å². The fourth-order valence-corrected chi connectivity index (χ4v) is 5.40. The lowest BCUT2D eigenvalue weighted by atomic mass is 10.00. The molecule has 0 radical (unpaired) electrons. The Morgan fingerprint density at radius 1 is 1.03 bits per heavy atom. The minimum absolute atomic E-state index is 0.0247. The molecule has 1 aliphatic heterocycles. The Balaban J connectivity index is 1.51. The summed E-state index contributed by atoms with van der Waals surface area (Å²) < 4.78 is 11.3. The molecule has 1 aliphatic rings. The van der Waals surface area contributed by atoms with Crippen LogP contribution in [0.25, 0.3) is 0 Å². The van der Waals surface area contributed by atoms with Gasteiger partial charge in [0.1, 0.15) is 18.9 Å². The van der Waals surface area contributed by atoms with Crippen molar-refractivity contribution in [3.63, 3.8) is 0 Å². The molecule has 7 heteroatoms. The number of rotatable bonds is 10. The van der Waals surface area contributed by atoms with Crippen molar-refractivity contribution >= 4 is 23.2 Å². The number of thiophene rings is 1. The molecule has 0 spiro atoms. The highest BCUT2D eigenvalue weighted by Gasteiger charge is 2.33. The predicted molar refractivity (Wildman–Crippen MR) is 143 cm³/mol. The molecule has 2 heterocycles. The third-order valence-corrected chi connectivity index (χ3v) is 7.53. The molecule has 2 amide bonds. The molecule has 1 aromatic heterocycles. The monoisotopic (exact) mass is 506 g/mol. The standard InChI is InChI=1S/C29H34N2O4S/c1-21-5-9-23(10-6-21)29(33)30(15-4-17-34-3)19-28(32)31-16-13-27-25(14-18-36-27)26(31)20-35-24-11-7-22(2)8-12-24/h5-12,14,18,26H,4,13,15-17,19-20H2,1-3H3/t26-/m0/s1. The van der Waals surface area contributed by atoms with Crippen LogP contribution in [-0.2, 0) is 16.0 Å². The second kappa shape index (κ2) is 12.2. The van der Waals surface area contributed by atoms with Gasteiger partial charge in [0.05, 0.1) is 6.04 Å². The zero-order valence-electron chi connectivity index (χ0n) is 21.2. The largest absolute Gasteiger partial charge is 0.491 e. The first kappa shape index (κ1) is 25.9. The number of aryl methyl sites for hydroxylation is 2. The van der Waals surface area contributed by atoms with E-state index in [2.05, 4.69) is 11.4 Å². The van der Waals surface area contributed by atoms with Crippen LogP contribution in [0.15, 0.2) is 60.0 Å². The van der Waals surface area contributed by atoms with Gasteiger partial charge in [0, 0.05) is 37.2 Å². The SMILES string of the molecule is COCCCN(CC(=O)N1CCc2sccc2[C@@H]1COc1ccc(C)cc1)C(=O)c1ccc(C)cc1. The highest BCUT2D eigenvalue weighted by atomic mass is 32.1. The van der Waals surface area contributed by atoms with Crippen LogP contribution < -0.4 is 4.74 Å². The first-order valence-corrected chi connectivity index (χ1v) is 13.2. The van der Waals surface area contributed by atoms with Gasteiger partial charge in [0.2, 0.25) is 5.91 Å². The van der Waals surface area contributed by atoms with Crippen LogP contribution in [-0.4, -0.2) is 61.6 Å². The van der Waals surface area contributed by atoms with Gasteiger partial charge in [-0.2, -0.15) is 0 Å². The molecule has 4 rings (SSSR count). The molecule has 36 heavy (non-hydrogen) atoms. The molecule has 0 N–H and O–H groups in total. The van der Waals surface area contributed by atoms with Gasteiger partial charge in [-0.05, 0) is 68.0 Å². The molecular formula is C29H34N2O4S. The molecule has 0 fully saturated rings. The Bertz CT molecular complexity index is 1160. The highest BCUT2D eigenvalue weighted by Crippen LogP contribution is 2.34. The topological polar surface area (TPSA) is 59.1 Å². The number of nitrogens with zero attached hydrogens (tertiary/aromatic N) is 2. The highest BCUT2D eigenvalue weighted by molar-refractivity contribution is 7.10. The molecule has 0 saturated carbocycles. The van der Waals surface area contributed by atoms with E-state index in [-0.39, 0.29) is 24.4 Å². The van der Waals surface area contributed by atoms with Crippen molar-refractivity contribution < 1.29 is 19.1 Å². The molecule has 0 saturated heterocycles. The molecule has 6 nitrogen and oxygen atoms in total. The Labute approximate surface area is 217 Å². The van der Waals surface area contributed by atoms with Crippen molar-refractivity contribution in [1.29, 1.82) is 0 Å². The Morgan fingerprint density at radius 2 is 1.72 bits per heavy atom. The van der Waals surface area contributed by atoms with E-state index in [1.165, 1.54) is 10.4 Å². The summed E-state index contributed by atoms with van der Waals surface area (Å²) in [6, 6.07) is 17.3. The zero-order valence-corrected chi connectivity index (χ0v) is 22.1. The summed E-state index contributed by atoms with van der Waals surface area (Å²) in [7, 11) is 1.64. The number of ether oxygens (including phenoxy) is 2. The number of amides is 2. The van der Waals surface area contributed by atoms with Crippen LogP contribution in [0.4, 0.5) is 0 Å². The van der Waals surface area contributed by atoms with Gasteiger partial charge < -0.3 is 19.3 Å². The summed E-state index contributed by atoms with van der Waals surface area (Å²) in [6.07, 6.45) is 1.48. The van der Waals surface area contributed by atoms with E-state index >= 15 is 0 Å². The molecule has 1 atom stereocenters. The first-order valence-electron chi connectivity index (χ1n) is 12.4. The average Bonchev–Trinajstić information content (AvgIpc) is 3.37. The zero-order chi connectivity index (χ0) is 25.5. The normalized spacial score (nSPS) is 14.9. The minimum Gasteiger partial charge on any atom is -0.491 e. The Morgan fingerprint density at radius 3 is 2.42 bits per heavy atom. The molecule has 3 aromatic rings. The molecule has 0 aliphatic carbocycles. The van der Waals surface area contributed by atoms with Crippen LogP contribution in [0.1, 0.15) is 44.4 Å². The lowest BCUT2D eigenvalue weighted by Gasteiger charge is -2.37. The number of carbonyl (C=O) groups excluding carboxylic acids is 2. The first-order chi connectivity index (χ1) is 17.5. The van der Waals surface area contributed by atoms with Crippen LogP contribution in [0, 0.1) is 13.8 Å². The quantitative estimate of drug-likeness (QED) is 0.361. The smallest absolute Gasteiger partial charge is 0.254 e. The summed E-state index contributed by atoms with van der Waals surface area (Å²) >= 11 is 1.73. The van der Waals surface area contributed by atoms with Gasteiger partial charge in [-0.1, -0.05) is 35.4 Å². The number of hydrogen-bond acceptors (Lipinski definition) is 5. The van der Waals surface area contributed by atoms with Crippen molar-refractivity contribution in [2.45, 2.75) is 32.7 Å². The summed E-state index contributed by atoms with van der Waals surface area (Å²) in [5.41, 5.74) is 3.99. The third kappa shape index (κ3) is 6.33. The van der Waals surface area contributed by atoms with E-state index in [1.807, 2.05) is 67.3 Å². The second-order valence-corrected chi connectivity index (χ2v) is 10.2. The average molecular weight is 507 g/mol. The van der Waals surface area contributed by atoms with Gasteiger partial charge in [0.25, 0.3) is 5.91 Å². The number of benzene rings is 2. The van der Waals surface area contributed by atoms with Crippen LogP contribution >= 0.6 is 11.3 Å². The predicted octanol–water partition coefficient (Wildman–Crippen LogP) is 5.05. The Hall–Kier alpha value is -3.16. The number of fused-ring (bicyclic) bond motifs is 1. The maximum absolute atomic E-state index is 13.7. The van der Waals surface area contributed by atoms with Gasteiger partial charge in [0.15, 0.2) is 0 Å². The van der Waals surface area contributed by atoms with E-state index in [9.17, 15) is 9.59 Å². The minimum atomic E-state index is -0.191. The van der Waals surface area contributed by atoms with E-state index in [0.717, 1.165) is 23.3 Å². The summed E-state index contributed by atoms with van der Waals surface area (Å²) in [6.45, 7) is 6.01. The fraction of sp³-hybridized carbons (Fsp3) is 0.379. The van der Waals surface area contributed by atoms with Crippen molar-refractivity contribution in [2.75, 3.05) is 40.0 Å². The molecule has 190 valence electrons. The number of carbonyl (C=O) groups is 2. The molecule has 0 bridgehead atoms. The van der Waals surface area contributed by atoms with Gasteiger partial charge in [-0.25, -0.2) is 0 Å². The van der Waals surface area contributed by atoms with Crippen molar-refractivity contribution in [1.82, 2.24) is 9.80 Å². The van der Waals surface area contributed by atoms with E-state index < -0.39 is 0 Å². The summed E-state index contributed by atoms with van der Waals surface area (Å²) in [5, 5.41) is 2.08. The number of methoxy groups -OCH3 is 1. The lowest BCUT2D eigenvalue weighted by Crippen LogP contribution is -2.48. The summed E-state index contributed by atoms with van der Waals surface area (Å²) in [4.78, 5) is 31.8. The lowest BCUT2D eigenvalue weighted by molar-refractivity contribution is -0.135. The van der Waals surface area contributed by atoms with Gasteiger partial charge in [-0.3, -0.25) is 9.59 Å². The second-order valence-electron chi connectivity index (χ2n) is 9.22. The van der Waals surface area contributed by atoms with Crippen molar-refractivity contribution in [3.8, 4) is 5.75 Å². The maximum atomic E-state index is 13.7. The van der Waals surface area contributed by atoms with E-state index in [4.69, 9.17) is 9.47 Å². The van der Waals surface area contributed by atoms with E-state index in [0.29, 0.717) is 38.3 Å². The van der Waals surface area contributed by atoms with Crippen molar-refractivity contribution in [2.24, 2.45) is 0 Å². The van der Waals surface area contributed by atoms with Crippen LogP contribution in [0.2, 0.25) is 0 Å². The summed E-state index contributed by atoms with van der Waals surface area (Å²) in [5.74, 6) is 0.577. The fourth-order valence-electron chi connectivity index (χ4n) is 4.47. The maximum Gasteiger partial charge on any atom is 0.254 e. The van der Waals surface area contributed by atoms with Crippen LogP contribution in [0.3, 0.4) is 0 Å². The molecular weight excluding hydrogens is 472 g/mol.